The second-order valence-electron chi connectivity index (χ2n) is 1.88. The van der Waals surface area contributed by atoms with Crippen LogP contribution in [0.2, 0.25) is 0 Å². The second-order valence-corrected chi connectivity index (χ2v) is 2.63. The summed E-state index contributed by atoms with van der Waals surface area (Å²) in [5.74, 6) is 0.190. The molecule has 0 saturated heterocycles. The predicted molar refractivity (Wildman–Crippen MR) is 44.4 cm³/mol. The van der Waals surface area contributed by atoms with Crippen molar-refractivity contribution in [2.75, 3.05) is 0 Å². The molecule has 2 heteroatoms. The number of aliphatic hydroxyl groups excluding tert-OH is 1. The van der Waals surface area contributed by atoms with E-state index in [0.29, 0.717) is 5.57 Å². The largest absolute Gasteiger partial charge is 0.508 e. The van der Waals surface area contributed by atoms with E-state index in [4.69, 9.17) is 5.11 Å². The summed E-state index contributed by atoms with van der Waals surface area (Å²) in [6, 6.07) is 0. The van der Waals surface area contributed by atoms with Crippen molar-refractivity contribution in [2.24, 2.45) is 0 Å². The van der Waals surface area contributed by atoms with Gasteiger partial charge < -0.3 is 5.11 Å². The molecule has 0 aromatic heterocycles. The molecule has 0 spiro atoms. The van der Waals surface area contributed by atoms with E-state index >= 15 is 0 Å². The Kier molecular flexibility index (Phi) is 3.26. The van der Waals surface area contributed by atoms with Crippen molar-refractivity contribution in [2.45, 2.75) is 6.92 Å². The fourth-order valence-electron chi connectivity index (χ4n) is 0.299. The van der Waals surface area contributed by atoms with Crippen LogP contribution in [0, 0.1) is 0 Å². The first-order valence-electron chi connectivity index (χ1n) is 2.55. The van der Waals surface area contributed by atoms with Crippen molar-refractivity contribution in [3.05, 3.63) is 35.9 Å². The quantitative estimate of drug-likeness (QED) is 0.356. The van der Waals surface area contributed by atoms with Gasteiger partial charge in [0.25, 0.3) is 0 Å². The van der Waals surface area contributed by atoms with Crippen LogP contribution in [-0.4, -0.2) is 5.11 Å². The number of allylic oxidation sites excluding steroid dienone is 3. The van der Waals surface area contributed by atoms with Crippen LogP contribution in [0.1, 0.15) is 6.92 Å². The maximum atomic E-state index is 8.98. The topological polar surface area (TPSA) is 20.2 Å². The van der Waals surface area contributed by atoms with Gasteiger partial charge in [-0.25, -0.2) is 0 Å². The third-order valence-corrected chi connectivity index (χ3v) is 0.926. The standard InChI is InChI=1S/C7H11OP/c1-5(2)7(8)4-6(3)9/h4,8H,1,3,9H2,2H3/b7-4+. The minimum absolute atomic E-state index is 0.190. The zero-order chi connectivity index (χ0) is 7.44. The van der Waals surface area contributed by atoms with Crippen LogP contribution in [0.3, 0.4) is 0 Å². The van der Waals surface area contributed by atoms with Crippen LogP contribution in [0.25, 0.3) is 0 Å². The van der Waals surface area contributed by atoms with E-state index in [1.807, 2.05) is 0 Å². The molecule has 0 fully saturated rings. The van der Waals surface area contributed by atoms with Crippen LogP contribution >= 0.6 is 9.24 Å². The smallest absolute Gasteiger partial charge is 0.118 e. The van der Waals surface area contributed by atoms with Crippen LogP contribution < -0.4 is 0 Å². The Bertz CT molecular complexity index is 168. The molecule has 1 N–H and O–H groups in total. The Balaban J connectivity index is 4.17. The van der Waals surface area contributed by atoms with Gasteiger partial charge in [-0.2, -0.15) is 0 Å². The number of aliphatic hydroxyl groups is 1. The number of hydrogen-bond acceptors (Lipinski definition) is 1. The summed E-state index contributed by atoms with van der Waals surface area (Å²) < 4.78 is 0. The molecule has 0 aliphatic heterocycles. The minimum atomic E-state index is 0.190. The monoisotopic (exact) mass is 142 g/mol. The molecule has 0 saturated carbocycles. The molecule has 9 heavy (non-hydrogen) atoms. The lowest BCUT2D eigenvalue weighted by Crippen LogP contribution is -1.79. The molecule has 0 heterocycles. The molecule has 0 aromatic carbocycles. The zero-order valence-corrected chi connectivity index (χ0v) is 6.67. The minimum Gasteiger partial charge on any atom is -0.508 e. The Hall–Kier alpha value is -0.550. The van der Waals surface area contributed by atoms with Crippen LogP contribution in [0.5, 0.6) is 0 Å². The van der Waals surface area contributed by atoms with Crippen molar-refractivity contribution in [3.63, 3.8) is 0 Å². The Morgan fingerprint density at radius 3 is 2.11 bits per heavy atom. The molecule has 1 nitrogen and oxygen atoms in total. The third-order valence-electron chi connectivity index (χ3n) is 0.759. The van der Waals surface area contributed by atoms with Gasteiger partial charge in [-0.15, -0.1) is 9.24 Å². The number of rotatable bonds is 2. The van der Waals surface area contributed by atoms with E-state index in [9.17, 15) is 0 Å². The van der Waals surface area contributed by atoms with Crippen LogP contribution in [0.15, 0.2) is 35.9 Å². The third kappa shape index (κ3) is 3.99. The first kappa shape index (κ1) is 8.45. The van der Waals surface area contributed by atoms with Gasteiger partial charge in [0.1, 0.15) is 5.76 Å². The SMILES string of the molecule is C=C(P)/C=C(/O)C(=C)C. The maximum Gasteiger partial charge on any atom is 0.118 e. The fraction of sp³-hybridized carbons (Fsp3) is 0.143. The molecule has 0 bridgehead atoms. The highest BCUT2D eigenvalue weighted by atomic mass is 31.0. The molecule has 0 amide bonds. The van der Waals surface area contributed by atoms with E-state index in [0.717, 1.165) is 5.31 Å². The molecular weight excluding hydrogens is 131 g/mol. The second kappa shape index (κ2) is 3.47. The van der Waals surface area contributed by atoms with E-state index in [-0.39, 0.29) is 5.76 Å². The maximum absolute atomic E-state index is 8.98. The van der Waals surface area contributed by atoms with Gasteiger partial charge in [-0.05, 0) is 23.9 Å². The summed E-state index contributed by atoms with van der Waals surface area (Å²) >= 11 is 0. The van der Waals surface area contributed by atoms with Gasteiger partial charge >= 0.3 is 0 Å². The molecular formula is C7H11OP. The van der Waals surface area contributed by atoms with Gasteiger partial charge in [0.15, 0.2) is 0 Å². The zero-order valence-electron chi connectivity index (χ0n) is 5.52. The molecule has 1 unspecified atom stereocenters. The first-order valence-corrected chi connectivity index (χ1v) is 3.12. The highest BCUT2D eigenvalue weighted by molar-refractivity contribution is 7.22. The summed E-state index contributed by atoms with van der Waals surface area (Å²) in [7, 11) is 2.38. The average Bonchev–Trinajstić information content (AvgIpc) is 1.63. The van der Waals surface area contributed by atoms with Crippen LogP contribution in [-0.2, 0) is 0 Å². The lowest BCUT2D eigenvalue weighted by Gasteiger charge is -1.94. The molecule has 0 aliphatic carbocycles. The van der Waals surface area contributed by atoms with Crippen molar-refractivity contribution < 1.29 is 5.11 Å². The van der Waals surface area contributed by atoms with E-state index < -0.39 is 0 Å². The summed E-state index contributed by atoms with van der Waals surface area (Å²) in [6.45, 7) is 8.84. The molecule has 0 radical (unpaired) electrons. The summed E-state index contributed by atoms with van der Waals surface area (Å²) in [5.41, 5.74) is 0.651. The summed E-state index contributed by atoms with van der Waals surface area (Å²) in [4.78, 5) is 0. The van der Waals surface area contributed by atoms with Crippen molar-refractivity contribution in [3.8, 4) is 0 Å². The molecule has 1 atom stereocenters. The highest BCUT2D eigenvalue weighted by Gasteiger charge is 1.90. The Labute approximate surface area is 58.0 Å². The van der Waals surface area contributed by atoms with E-state index in [1.165, 1.54) is 0 Å². The highest BCUT2D eigenvalue weighted by Crippen LogP contribution is 2.09. The Morgan fingerprint density at radius 2 is 2.00 bits per heavy atom. The van der Waals surface area contributed by atoms with Gasteiger partial charge in [-0.3, -0.25) is 0 Å². The van der Waals surface area contributed by atoms with Gasteiger partial charge in [-0.1, -0.05) is 13.2 Å². The first-order chi connectivity index (χ1) is 4.04. The van der Waals surface area contributed by atoms with E-state index in [1.54, 1.807) is 13.0 Å². The molecule has 0 aromatic rings. The lowest BCUT2D eigenvalue weighted by atomic mass is 10.3. The normalized spacial score (nSPS) is 11.1. The van der Waals surface area contributed by atoms with Crippen molar-refractivity contribution in [1.29, 1.82) is 0 Å². The van der Waals surface area contributed by atoms with Crippen molar-refractivity contribution >= 4 is 9.24 Å². The Morgan fingerprint density at radius 1 is 1.56 bits per heavy atom. The molecule has 0 aliphatic rings. The van der Waals surface area contributed by atoms with Crippen molar-refractivity contribution in [1.82, 2.24) is 0 Å². The van der Waals surface area contributed by atoms with Gasteiger partial charge in [0.05, 0.1) is 0 Å². The fourth-order valence-corrected chi connectivity index (χ4v) is 0.457. The molecule has 50 valence electrons. The average molecular weight is 142 g/mol. The van der Waals surface area contributed by atoms with Gasteiger partial charge in [0.2, 0.25) is 0 Å². The lowest BCUT2D eigenvalue weighted by molar-refractivity contribution is 0.424. The summed E-state index contributed by atoms with van der Waals surface area (Å²) in [5, 5.41) is 9.73. The van der Waals surface area contributed by atoms with Gasteiger partial charge in [0, 0.05) is 0 Å². The van der Waals surface area contributed by atoms with Crippen LogP contribution in [0.4, 0.5) is 0 Å². The molecule has 0 rings (SSSR count). The predicted octanol–water partition coefficient (Wildman–Crippen LogP) is 2.39. The summed E-state index contributed by atoms with van der Waals surface area (Å²) in [6.07, 6.45) is 1.55. The number of hydrogen-bond donors (Lipinski definition) is 1. The van der Waals surface area contributed by atoms with E-state index in [2.05, 4.69) is 22.4 Å².